The predicted octanol–water partition coefficient (Wildman–Crippen LogP) is -7.09. The predicted molar refractivity (Wildman–Crippen MR) is 18.1 cm³/mol. The van der Waals surface area contributed by atoms with Crippen LogP contribution in [0.4, 0.5) is 0 Å². The third-order valence-electron chi connectivity index (χ3n) is 0.167. The summed E-state index contributed by atoms with van der Waals surface area (Å²) in [7, 11) is 0. The average molecular weight is 190 g/mol. The molecule has 0 aliphatic heterocycles. The van der Waals surface area contributed by atoms with Crippen molar-refractivity contribution in [1.29, 1.82) is 0 Å². The number of rotatable bonds is 1. The first-order chi connectivity index (χ1) is 1.91. The SMILES string of the molecule is NCCN.[Cl-].[Cl-].[Ni+2]. The molecule has 5 heteroatoms. The summed E-state index contributed by atoms with van der Waals surface area (Å²) in [6, 6.07) is 0. The van der Waals surface area contributed by atoms with E-state index in [2.05, 4.69) is 0 Å². The summed E-state index contributed by atoms with van der Waals surface area (Å²) in [6.45, 7) is 1.19. The Morgan fingerprint density at radius 1 is 0.857 bits per heavy atom. The fourth-order valence-corrected chi connectivity index (χ4v) is 0. The molecule has 50 valence electrons. The molecule has 0 bridgehead atoms. The standard InChI is InChI=1S/C2H8N2.2ClH.Ni/c3-1-2-4;;;/h1-4H2;2*1H;/q;;;+2/p-2. The molecule has 0 rings (SSSR count). The Balaban J connectivity index is -0.0000000150. The monoisotopic (exact) mass is 188 g/mol. The Morgan fingerprint density at radius 2 is 1.00 bits per heavy atom. The third-order valence-corrected chi connectivity index (χ3v) is 0.167. The fourth-order valence-electron chi connectivity index (χ4n) is 0. The van der Waals surface area contributed by atoms with Crippen molar-refractivity contribution in [2.24, 2.45) is 11.5 Å². The van der Waals surface area contributed by atoms with E-state index in [0.29, 0.717) is 13.1 Å². The minimum atomic E-state index is 0. The van der Waals surface area contributed by atoms with Crippen molar-refractivity contribution in [2.45, 2.75) is 0 Å². The van der Waals surface area contributed by atoms with Crippen LogP contribution in [0.15, 0.2) is 0 Å². The summed E-state index contributed by atoms with van der Waals surface area (Å²) in [5.41, 5.74) is 9.81. The first kappa shape index (κ1) is 24.5. The second kappa shape index (κ2) is 28.0. The zero-order valence-electron chi connectivity index (χ0n) is 3.64. The Bertz CT molecular complexity index is 15.7. The van der Waals surface area contributed by atoms with Crippen LogP contribution in [0.1, 0.15) is 0 Å². The molecule has 0 saturated carbocycles. The summed E-state index contributed by atoms with van der Waals surface area (Å²) in [5.74, 6) is 0. The molecule has 0 aliphatic carbocycles. The van der Waals surface area contributed by atoms with E-state index < -0.39 is 0 Å². The summed E-state index contributed by atoms with van der Waals surface area (Å²) < 4.78 is 0. The van der Waals surface area contributed by atoms with Gasteiger partial charge in [0.15, 0.2) is 0 Å². The summed E-state index contributed by atoms with van der Waals surface area (Å²) in [4.78, 5) is 0. The smallest absolute Gasteiger partial charge is 1.00 e. The molecule has 0 atom stereocenters. The minimum Gasteiger partial charge on any atom is -1.00 e. The summed E-state index contributed by atoms with van der Waals surface area (Å²) in [6.07, 6.45) is 0. The Morgan fingerprint density at radius 3 is 1.00 bits per heavy atom. The topological polar surface area (TPSA) is 52.0 Å². The molecule has 0 heterocycles. The van der Waals surface area contributed by atoms with Crippen LogP contribution in [0.3, 0.4) is 0 Å². The van der Waals surface area contributed by atoms with E-state index >= 15 is 0 Å². The number of hydrogen-bond acceptors (Lipinski definition) is 2. The van der Waals surface area contributed by atoms with Crippen molar-refractivity contribution in [2.75, 3.05) is 13.1 Å². The average Bonchev–Trinajstić information content (AvgIpc) is 1.37. The molecule has 0 aromatic heterocycles. The van der Waals surface area contributed by atoms with Crippen molar-refractivity contribution < 1.29 is 41.3 Å². The van der Waals surface area contributed by atoms with Gasteiger partial charge in [-0.3, -0.25) is 0 Å². The molecule has 0 aromatic rings. The van der Waals surface area contributed by atoms with Crippen molar-refractivity contribution in [3.8, 4) is 0 Å². The Labute approximate surface area is 66.1 Å². The molecule has 0 amide bonds. The summed E-state index contributed by atoms with van der Waals surface area (Å²) >= 11 is 0. The van der Waals surface area contributed by atoms with E-state index in [1.165, 1.54) is 0 Å². The Kier molecular flexibility index (Phi) is 98.2. The van der Waals surface area contributed by atoms with Crippen LogP contribution in [0.2, 0.25) is 0 Å². The van der Waals surface area contributed by atoms with Gasteiger partial charge in [-0.05, 0) is 0 Å². The molecule has 4 N–H and O–H groups in total. The molecule has 7 heavy (non-hydrogen) atoms. The number of nitrogens with two attached hydrogens (primary N) is 2. The molecule has 0 fully saturated rings. The fraction of sp³-hybridized carbons (Fsp3) is 1.00. The molecule has 0 spiro atoms. The van der Waals surface area contributed by atoms with Crippen LogP contribution < -0.4 is 36.3 Å². The second-order valence-electron chi connectivity index (χ2n) is 0.577. The molecule has 2 nitrogen and oxygen atoms in total. The van der Waals surface area contributed by atoms with Crippen LogP contribution in [-0.2, 0) is 16.5 Å². The van der Waals surface area contributed by atoms with Gasteiger partial charge >= 0.3 is 16.5 Å². The number of halogens is 2. The van der Waals surface area contributed by atoms with E-state index in [-0.39, 0.29) is 41.3 Å². The van der Waals surface area contributed by atoms with Gasteiger partial charge in [0.25, 0.3) is 0 Å². The van der Waals surface area contributed by atoms with Gasteiger partial charge in [0.1, 0.15) is 0 Å². The molecule has 0 saturated heterocycles. The van der Waals surface area contributed by atoms with Gasteiger partial charge in [0, 0.05) is 13.1 Å². The van der Waals surface area contributed by atoms with Crippen molar-refractivity contribution in [3.05, 3.63) is 0 Å². The maximum absolute atomic E-state index is 4.90. The second-order valence-corrected chi connectivity index (χ2v) is 0.577. The van der Waals surface area contributed by atoms with Gasteiger partial charge in [0.05, 0.1) is 0 Å². The van der Waals surface area contributed by atoms with Gasteiger partial charge in [-0.15, -0.1) is 0 Å². The normalized spacial score (nSPS) is 4.29. The van der Waals surface area contributed by atoms with E-state index in [1.54, 1.807) is 0 Å². The maximum Gasteiger partial charge on any atom is 2.00 e. The summed E-state index contributed by atoms with van der Waals surface area (Å²) in [5, 5.41) is 0. The van der Waals surface area contributed by atoms with Crippen LogP contribution >= 0.6 is 0 Å². The minimum absolute atomic E-state index is 0. The van der Waals surface area contributed by atoms with Gasteiger partial charge < -0.3 is 36.3 Å². The first-order valence-corrected chi connectivity index (χ1v) is 1.32. The quantitative estimate of drug-likeness (QED) is 0.403. The van der Waals surface area contributed by atoms with E-state index in [4.69, 9.17) is 11.5 Å². The van der Waals surface area contributed by atoms with E-state index in [0.717, 1.165) is 0 Å². The van der Waals surface area contributed by atoms with Crippen LogP contribution in [-0.4, -0.2) is 13.1 Å². The molecular formula is C2H8Cl2N2Ni. The van der Waals surface area contributed by atoms with E-state index in [1.807, 2.05) is 0 Å². The van der Waals surface area contributed by atoms with Gasteiger partial charge in [0.2, 0.25) is 0 Å². The van der Waals surface area contributed by atoms with Gasteiger partial charge in [-0.1, -0.05) is 0 Å². The Hall–Kier alpha value is 0.994. The zero-order valence-corrected chi connectivity index (χ0v) is 6.14. The maximum atomic E-state index is 4.90. The van der Waals surface area contributed by atoms with Crippen molar-refractivity contribution >= 4 is 0 Å². The van der Waals surface area contributed by atoms with Crippen molar-refractivity contribution in [1.82, 2.24) is 0 Å². The molecular weight excluding hydrogens is 182 g/mol. The largest absolute Gasteiger partial charge is 2.00 e. The van der Waals surface area contributed by atoms with Crippen LogP contribution in [0.25, 0.3) is 0 Å². The molecule has 0 aliphatic rings. The first-order valence-electron chi connectivity index (χ1n) is 1.32. The van der Waals surface area contributed by atoms with Gasteiger partial charge in [-0.25, -0.2) is 0 Å². The molecule has 0 unspecified atom stereocenters. The van der Waals surface area contributed by atoms with Crippen molar-refractivity contribution in [3.63, 3.8) is 0 Å². The molecule has 0 radical (unpaired) electrons. The third kappa shape index (κ3) is 43.9. The van der Waals surface area contributed by atoms with E-state index in [9.17, 15) is 0 Å². The van der Waals surface area contributed by atoms with Crippen LogP contribution in [0.5, 0.6) is 0 Å². The number of hydrogen-bond donors (Lipinski definition) is 2. The van der Waals surface area contributed by atoms with Crippen LogP contribution in [0, 0.1) is 0 Å². The molecule has 0 aromatic carbocycles. The van der Waals surface area contributed by atoms with Gasteiger partial charge in [-0.2, -0.15) is 0 Å². The zero-order chi connectivity index (χ0) is 3.41.